The fourth-order valence-corrected chi connectivity index (χ4v) is 1.64. The Hall–Kier alpha value is -1.22. The summed E-state index contributed by atoms with van der Waals surface area (Å²) in [5.41, 5.74) is 1.11. The number of aryl methyl sites for hydroxylation is 1. The van der Waals surface area contributed by atoms with Gasteiger partial charge in [-0.05, 0) is 13.0 Å². The lowest BCUT2D eigenvalue weighted by atomic mass is 10.2. The van der Waals surface area contributed by atoms with Gasteiger partial charge in [0.2, 0.25) is 0 Å². The maximum atomic E-state index is 4.04. The van der Waals surface area contributed by atoms with Crippen molar-refractivity contribution in [2.75, 3.05) is 0 Å². The Labute approximate surface area is 74.9 Å². The van der Waals surface area contributed by atoms with Crippen LogP contribution in [0.4, 0.5) is 0 Å². The maximum Gasteiger partial charge on any atom is 0.147 e. The van der Waals surface area contributed by atoms with E-state index in [1.54, 1.807) is 11.3 Å². The molecule has 1 aromatic carbocycles. The summed E-state index contributed by atoms with van der Waals surface area (Å²) >= 11 is 1.60. The van der Waals surface area contributed by atoms with Crippen LogP contribution in [-0.4, -0.2) is 10.2 Å². The van der Waals surface area contributed by atoms with E-state index in [4.69, 9.17) is 0 Å². The molecule has 0 fully saturated rings. The lowest BCUT2D eigenvalue weighted by molar-refractivity contribution is 1.05. The first-order valence-electron chi connectivity index (χ1n) is 3.63. The van der Waals surface area contributed by atoms with Gasteiger partial charge in [0, 0.05) is 5.56 Å². The molecule has 0 aliphatic carbocycles. The lowest BCUT2D eigenvalue weighted by Crippen LogP contribution is -1.74. The molecule has 0 saturated heterocycles. The molecule has 0 amide bonds. The molecule has 0 saturated carbocycles. The Bertz CT molecular complexity index is 367. The zero-order valence-electron chi connectivity index (χ0n) is 6.61. The minimum absolute atomic E-state index is 0.974. The molecule has 0 atom stereocenters. The Balaban J connectivity index is 2.45. The van der Waals surface area contributed by atoms with Crippen molar-refractivity contribution in [2.24, 2.45) is 0 Å². The molecule has 0 unspecified atom stereocenters. The van der Waals surface area contributed by atoms with Crippen molar-refractivity contribution in [1.82, 2.24) is 10.2 Å². The second kappa shape index (κ2) is 3.03. The number of benzene rings is 1. The lowest BCUT2D eigenvalue weighted by Gasteiger charge is -1.90. The standard InChI is InChI=1S/C9H7N2S/c1-7-10-11-9(12-7)8-5-3-2-4-6-8/h3-6H,1H3. The van der Waals surface area contributed by atoms with E-state index in [0.29, 0.717) is 0 Å². The van der Waals surface area contributed by atoms with Gasteiger partial charge >= 0.3 is 0 Å². The zero-order chi connectivity index (χ0) is 8.39. The number of aromatic nitrogens is 2. The van der Waals surface area contributed by atoms with Crippen LogP contribution in [0, 0.1) is 13.0 Å². The third-order valence-corrected chi connectivity index (χ3v) is 2.38. The predicted octanol–water partition coefficient (Wildman–Crippen LogP) is 2.31. The van der Waals surface area contributed by atoms with Crippen LogP contribution in [0.2, 0.25) is 0 Å². The van der Waals surface area contributed by atoms with Crippen LogP contribution in [0.5, 0.6) is 0 Å². The molecule has 0 aliphatic rings. The largest absolute Gasteiger partial charge is 0.147 e. The van der Waals surface area contributed by atoms with Crippen LogP contribution in [0.3, 0.4) is 0 Å². The summed E-state index contributed by atoms with van der Waals surface area (Å²) in [6.07, 6.45) is 0. The van der Waals surface area contributed by atoms with Gasteiger partial charge in [0.15, 0.2) is 0 Å². The highest BCUT2D eigenvalue weighted by atomic mass is 32.1. The van der Waals surface area contributed by atoms with Crippen LogP contribution in [0.15, 0.2) is 24.3 Å². The number of hydrogen-bond donors (Lipinski definition) is 0. The SMILES string of the molecule is Cc1nnc(-c2cc[c]cc2)s1. The van der Waals surface area contributed by atoms with Gasteiger partial charge in [-0.25, -0.2) is 0 Å². The van der Waals surface area contributed by atoms with E-state index in [1.165, 1.54) is 0 Å². The first-order chi connectivity index (χ1) is 5.86. The molecule has 2 nitrogen and oxygen atoms in total. The van der Waals surface area contributed by atoms with Crippen molar-refractivity contribution in [3.63, 3.8) is 0 Å². The molecule has 1 aromatic heterocycles. The maximum absolute atomic E-state index is 4.04. The Morgan fingerprint density at radius 3 is 2.58 bits per heavy atom. The normalized spacial score (nSPS) is 10.1. The number of nitrogens with zero attached hydrogens (tertiary/aromatic N) is 2. The first kappa shape index (κ1) is 7.43. The smallest absolute Gasteiger partial charge is 0.143 e. The van der Waals surface area contributed by atoms with Crippen LogP contribution in [-0.2, 0) is 0 Å². The van der Waals surface area contributed by atoms with Crippen molar-refractivity contribution < 1.29 is 0 Å². The van der Waals surface area contributed by atoms with Crippen molar-refractivity contribution >= 4 is 11.3 Å². The summed E-state index contributed by atoms with van der Waals surface area (Å²) in [6, 6.07) is 10.7. The molecule has 2 rings (SSSR count). The van der Waals surface area contributed by atoms with Crippen LogP contribution in [0.1, 0.15) is 5.01 Å². The average molecular weight is 175 g/mol. The van der Waals surface area contributed by atoms with Crippen molar-refractivity contribution in [2.45, 2.75) is 6.92 Å². The fourth-order valence-electron chi connectivity index (χ4n) is 0.943. The summed E-state index contributed by atoms with van der Waals surface area (Å²) in [7, 11) is 0. The quantitative estimate of drug-likeness (QED) is 0.664. The summed E-state index contributed by atoms with van der Waals surface area (Å²) < 4.78 is 0. The first-order valence-corrected chi connectivity index (χ1v) is 4.44. The predicted molar refractivity (Wildman–Crippen MR) is 48.9 cm³/mol. The van der Waals surface area contributed by atoms with Gasteiger partial charge in [0.1, 0.15) is 10.0 Å². The van der Waals surface area contributed by atoms with Gasteiger partial charge in [-0.1, -0.05) is 35.6 Å². The summed E-state index contributed by atoms with van der Waals surface area (Å²) in [4.78, 5) is 0. The van der Waals surface area contributed by atoms with E-state index in [1.807, 2.05) is 31.2 Å². The van der Waals surface area contributed by atoms with Crippen LogP contribution in [0.25, 0.3) is 10.6 Å². The fraction of sp³-hybridized carbons (Fsp3) is 0.111. The number of hydrogen-bond acceptors (Lipinski definition) is 3. The van der Waals surface area contributed by atoms with Gasteiger partial charge in [0.25, 0.3) is 0 Å². The minimum atomic E-state index is 0.974. The third kappa shape index (κ3) is 1.36. The van der Waals surface area contributed by atoms with Gasteiger partial charge in [-0.3, -0.25) is 0 Å². The van der Waals surface area contributed by atoms with Gasteiger partial charge in [0.05, 0.1) is 0 Å². The topological polar surface area (TPSA) is 25.8 Å². The molecule has 59 valence electrons. The summed E-state index contributed by atoms with van der Waals surface area (Å²) in [6.45, 7) is 1.95. The molecular weight excluding hydrogens is 168 g/mol. The van der Waals surface area contributed by atoms with E-state index in [0.717, 1.165) is 15.6 Å². The van der Waals surface area contributed by atoms with Crippen molar-refractivity contribution in [1.29, 1.82) is 0 Å². The molecule has 12 heavy (non-hydrogen) atoms. The van der Waals surface area contributed by atoms with Gasteiger partial charge in [-0.2, -0.15) is 0 Å². The molecule has 2 aromatic rings. The van der Waals surface area contributed by atoms with Crippen LogP contribution >= 0.6 is 11.3 Å². The molecule has 0 N–H and O–H groups in total. The zero-order valence-corrected chi connectivity index (χ0v) is 7.43. The van der Waals surface area contributed by atoms with Crippen molar-refractivity contribution in [3.05, 3.63) is 35.3 Å². The molecule has 1 radical (unpaired) electrons. The second-order valence-electron chi connectivity index (χ2n) is 2.41. The minimum Gasteiger partial charge on any atom is -0.143 e. The average Bonchev–Trinajstić information content (AvgIpc) is 2.54. The summed E-state index contributed by atoms with van der Waals surface area (Å²) in [5.74, 6) is 0. The highest BCUT2D eigenvalue weighted by Crippen LogP contribution is 2.21. The monoisotopic (exact) mass is 175 g/mol. The number of rotatable bonds is 1. The van der Waals surface area contributed by atoms with Crippen LogP contribution < -0.4 is 0 Å². The second-order valence-corrected chi connectivity index (χ2v) is 3.60. The van der Waals surface area contributed by atoms with E-state index in [2.05, 4.69) is 16.3 Å². The van der Waals surface area contributed by atoms with E-state index in [9.17, 15) is 0 Å². The summed E-state index contributed by atoms with van der Waals surface area (Å²) in [5, 5.41) is 9.96. The molecule has 0 spiro atoms. The van der Waals surface area contributed by atoms with E-state index < -0.39 is 0 Å². The Kier molecular flexibility index (Phi) is 1.87. The van der Waals surface area contributed by atoms with Gasteiger partial charge in [-0.15, -0.1) is 10.2 Å². The highest BCUT2D eigenvalue weighted by molar-refractivity contribution is 7.14. The third-order valence-electron chi connectivity index (χ3n) is 1.49. The van der Waals surface area contributed by atoms with Crippen molar-refractivity contribution in [3.8, 4) is 10.6 Å². The molecule has 3 heteroatoms. The van der Waals surface area contributed by atoms with E-state index >= 15 is 0 Å². The Morgan fingerprint density at radius 1 is 1.25 bits per heavy atom. The molecular formula is C9H7N2S. The van der Waals surface area contributed by atoms with E-state index in [-0.39, 0.29) is 0 Å². The Morgan fingerprint density at radius 2 is 2.00 bits per heavy atom. The molecule has 0 aliphatic heterocycles. The highest BCUT2D eigenvalue weighted by Gasteiger charge is 2.01. The van der Waals surface area contributed by atoms with Gasteiger partial charge < -0.3 is 0 Å². The molecule has 1 heterocycles. The molecule has 0 bridgehead atoms.